The first-order valence-electron chi connectivity index (χ1n) is 3.82. The summed E-state index contributed by atoms with van der Waals surface area (Å²) < 4.78 is 0. The van der Waals surface area contributed by atoms with Crippen LogP contribution < -0.4 is 0 Å². The molecule has 0 saturated carbocycles. The molecular formula is C10H12O2. The Morgan fingerprint density at radius 1 is 1.42 bits per heavy atom. The second kappa shape index (κ2) is 3.07. The lowest BCUT2D eigenvalue weighted by Gasteiger charge is -2.17. The number of carbonyl (C=O) groups is 1. The van der Waals surface area contributed by atoms with Gasteiger partial charge in [-0.05, 0) is 25.5 Å². The average molecular weight is 164 g/mol. The highest BCUT2D eigenvalue weighted by Crippen LogP contribution is 2.19. The van der Waals surface area contributed by atoms with E-state index in [0.717, 1.165) is 11.8 Å². The summed E-state index contributed by atoms with van der Waals surface area (Å²) in [4.78, 5) is 10.4. The van der Waals surface area contributed by atoms with E-state index < -0.39 is 5.60 Å². The molecule has 1 aromatic rings. The van der Waals surface area contributed by atoms with E-state index >= 15 is 0 Å². The lowest BCUT2D eigenvalue weighted by Crippen LogP contribution is -2.15. The molecule has 0 fully saturated rings. The van der Waals surface area contributed by atoms with Gasteiger partial charge in [0.2, 0.25) is 0 Å². The number of rotatable bonds is 2. The van der Waals surface area contributed by atoms with Gasteiger partial charge in [0, 0.05) is 5.56 Å². The molecule has 2 heteroatoms. The van der Waals surface area contributed by atoms with Crippen LogP contribution in [0.15, 0.2) is 24.3 Å². The molecule has 64 valence electrons. The summed E-state index contributed by atoms with van der Waals surface area (Å²) in [5, 5.41) is 9.59. The maximum Gasteiger partial charge on any atom is 0.150 e. The molecule has 0 aromatic heterocycles. The molecule has 0 amide bonds. The fourth-order valence-electron chi connectivity index (χ4n) is 0.993. The Hall–Kier alpha value is -1.15. The molecular weight excluding hydrogens is 152 g/mol. The Kier molecular flexibility index (Phi) is 2.29. The Bertz CT molecular complexity index is 284. The average Bonchev–Trinajstić information content (AvgIpc) is 2.03. The van der Waals surface area contributed by atoms with Crippen LogP contribution in [-0.2, 0) is 5.60 Å². The molecule has 0 aliphatic rings. The van der Waals surface area contributed by atoms with Crippen molar-refractivity contribution in [2.75, 3.05) is 0 Å². The van der Waals surface area contributed by atoms with Gasteiger partial charge in [0.05, 0.1) is 5.60 Å². The normalized spacial score (nSPS) is 11.2. The summed E-state index contributed by atoms with van der Waals surface area (Å²) in [7, 11) is 0. The quantitative estimate of drug-likeness (QED) is 0.676. The SMILES string of the molecule is CC(C)(O)c1cccc(C=O)c1. The lowest BCUT2D eigenvalue weighted by atomic mass is 9.97. The molecule has 0 heterocycles. The van der Waals surface area contributed by atoms with Gasteiger partial charge < -0.3 is 5.11 Å². The number of hydrogen-bond donors (Lipinski definition) is 1. The summed E-state index contributed by atoms with van der Waals surface area (Å²) in [5.74, 6) is 0. The van der Waals surface area contributed by atoms with Crippen LogP contribution in [0.5, 0.6) is 0 Å². The number of benzene rings is 1. The smallest absolute Gasteiger partial charge is 0.150 e. The van der Waals surface area contributed by atoms with E-state index in [0.29, 0.717) is 5.56 Å². The fraction of sp³-hybridized carbons (Fsp3) is 0.300. The minimum Gasteiger partial charge on any atom is -0.386 e. The van der Waals surface area contributed by atoms with Gasteiger partial charge in [-0.15, -0.1) is 0 Å². The van der Waals surface area contributed by atoms with E-state index in [9.17, 15) is 9.90 Å². The molecule has 1 rings (SSSR count). The van der Waals surface area contributed by atoms with E-state index in [1.165, 1.54) is 0 Å². The Labute approximate surface area is 71.8 Å². The van der Waals surface area contributed by atoms with Crippen molar-refractivity contribution in [2.24, 2.45) is 0 Å². The van der Waals surface area contributed by atoms with E-state index in [4.69, 9.17) is 0 Å². The maximum absolute atomic E-state index is 10.4. The molecule has 12 heavy (non-hydrogen) atoms. The largest absolute Gasteiger partial charge is 0.386 e. The van der Waals surface area contributed by atoms with Gasteiger partial charge >= 0.3 is 0 Å². The van der Waals surface area contributed by atoms with Gasteiger partial charge in [0.25, 0.3) is 0 Å². The molecule has 0 aliphatic heterocycles. The molecule has 0 spiro atoms. The molecule has 0 atom stereocenters. The van der Waals surface area contributed by atoms with Crippen molar-refractivity contribution < 1.29 is 9.90 Å². The van der Waals surface area contributed by atoms with E-state index in [1.54, 1.807) is 38.1 Å². The minimum atomic E-state index is -0.876. The van der Waals surface area contributed by atoms with Crippen molar-refractivity contribution >= 4 is 6.29 Å². The lowest BCUT2D eigenvalue weighted by molar-refractivity contribution is 0.0785. The summed E-state index contributed by atoms with van der Waals surface area (Å²) in [6.45, 7) is 3.38. The van der Waals surface area contributed by atoms with Gasteiger partial charge in [-0.2, -0.15) is 0 Å². The van der Waals surface area contributed by atoms with Gasteiger partial charge in [-0.25, -0.2) is 0 Å². The van der Waals surface area contributed by atoms with Gasteiger partial charge in [-0.1, -0.05) is 18.2 Å². The van der Waals surface area contributed by atoms with Crippen molar-refractivity contribution in [1.29, 1.82) is 0 Å². The van der Waals surface area contributed by atoms with Crippen LogP contribution in [-0.4, -0.2) is 11.4 Å². The number of hydrogen-bond acceptors (Lipinski definition) is 2. The van der Waals surface area contributed by atoms with Crippen LogP contribution >= 0.6 is 0 Å². The topological polar surface area (TPSA) is 37.3 Å². The monoisotopic (exact) mass is 164 g/mol. The van der Waals surface area contributed by atoms with Crippen LogP contribution in [0.25, 0.3) is 0 Å². The molecule has 2 nitrogen and oxygen atoms in total. The third-order valence-corrected chi connectivity index (χ3v) is 1.73. The van der Waals surface area contributed by atoms with Crippen molar-refractivity contribution in [3.05, 3.63) is 35.4 Å². The Morgan fingerprint density at radius 2 is 2.08 bits per heavy atom. The number of carbonyl (C=O) groups excluding carboxylic acids is 1. The summed E-state index contributed by atoms with van der Waals surface area (Å²) >= 11 is 0. The maximum atomic E-state index is 10.4. The highest BCUT2D eigenvalue weighted by atomic mass is 16.3. The summed E-state index contributed by atoms with van der Waals surface area (Å²) in [6, 6.07) is 6.96. The van der Waals surface area contributed by atoms with Crippen LogP contribution in [0.2, 0.25) is 0 Å². The zero-order chi connectivity index (χ0) is 9.19. The zero-order valence-corrected chi connectivity index (χ0v) is 7.24. The molecule has 1 N–H and O–H groups in total. The highest BCUT2D eigenvalue weighted by Gasteiger charge is 2.15. The molecule has 0 bridgehead atoms. The standard InChI is InChI=1S/C10H12O2/c1-10(2,12)9-5-3-4-8(6-9)7-11/h3-7,12H,1-2H3. The second-order valence-electron chi connectivity index (χ2n) is 3.30. The minimum absolute atomic E-state index is 0.592. The van der Waals surface area contributed by atoms with E-state index in [1.807, 2.05) is 0 Å². The van der Waals surface area contributed by atoms with Crippen molar-refractivity contribution in [2.45, 2.75) is 19.4 Å². The zero-order valence-electron chi connectivity index (χ0n) is 7.24. The van der Waals surface area contributed by atoms with Gasteiger partial charge in [0.15, 0.2) is 0 Å². The third kappa shape index (κ3) is 1.92. The first kappa shape index (κ1) is 8.94. The van der Waals surface area contributed by atoms with E-state index in [2.05, 4.69) is 0 Å². The van der Waals surface area contributed by atoms with Crippen LogP contribution in [0, 0.1) is 0 Å². The molecule has 1 aromatic carbocycles. The van der Waals surface area contributed by atoms with Crippen molar-refractivity contribution in [1.82, 2.24) is 0 Å². The highest BCUT2D eigenvalue weighted by molar-refractivity contribution is 5.75. The van der Waals surface area contributed by atoms with Crippen LogP contribution in [0.3, 0.4) is 0 Å². The van der Waals surface area contributed by atoms with Crippen molar-refractivity contribution in [3.63, 3.8) is 0 Å². The Morgan fingerprint density at radius 3 is 2.58 bits per heavy atom. The van der Waals surface area contributed by atoms with Gasteiger partial charge in [0.1, 0.15) is 6.29 Å². The number of aldehydes is 1. The summed E-state index contributed by atoms with van der Waals surface area (Å²) in [6.07, 6.45) is 0.773. The summed E-state index contributed by atoms with van der Waals surface area (Å²) in [5.41, 5.74) is 0.473. The predicted molar refractivity (Wildman–Crippen MR) is 47.1 cm³/mol. The van der Waals surface area contributed by atoms with Crippen LogP contribution in [0.4, 0.5) is 0 Å². The number of aliphatic hydroxyl groups is 1. The molecule has 0 radical (unpaired) electrons. The van der Waals surface area contributed by atoms with Gasteiger partial charge in [-0.3, -0.25) is 4.79 Å². The van der Waals surface area contributed by atoms with E-state index in [-0.39, 0.29) is 0 Å². The van der Waals surface area contributed by atoms with Crippen molar-refractivity contribution in [3.8, 4) is 0 Å². The predicted octanol–water partition coefficient (Wildman–Crippen LogP) is 1.73. The molecule has 0 unspecified atom stereocenters. The second-order valence-corrected chi connectivity index (χ2v) is 3.30. The third-order valence-electron chi connectivity index (χ3n) is 1.73. The molecule has 0 saturated heterocycles. The Balaban J connectivity index is 3.10. The molecule has 0 aliphatic carbocycles. The van der Waals surface area contributed by atoms with Crippen LogP contribution in [0.1, 0.15) is 29.8 Å². The first-order valence-corrected chi connectivity index (χ1v) is 3.82. The first-order chi connectivity index (χ1) is 5.54. The fourth-order valence-corrected chi connectivity index (χ4v) is 0.993.